The molecule has 0 bridgehead atoms. The van der Waals surface area contributed by atoms with E-state index in [0.717, 1.165) is 34.5 Å². The summed E-state index contributed by atoms with van der Waals surface area (Å²) >= 11 is 0. The maximum absolute atomic E-state index is 13.2. The smallest absolute Gasteiger partial charge is 0.238 e. The lowest BCUT2D eigenvalue weighted by molar-refractivity contribution is -0.125. The molecule has 5 nitrogen and oxygen atoms in total. The molecular weight excluding hydrogens is 324 g/mol. The van der Waals surface area contributed by atoms with Gasteiger partial charge in [0.25, 0.3) is 0 Å². The minimum Gasteiger partial charge on any atom is -0.273 e. The fraction of sp³-hybridized carbons (Fsp3) is 0.333. The fourth-order valence-corrected chi connectivity index (χ4v) is 3.83. The maximum atomic E-state index is 13.2. The summed E-state index contributed by atoms with van der Waals surface area (Å²) in [5, 5.41) is 0. The molecule has 3 heterocycles. The number of hydrogen-bond acceptors (Lipinski definition) is 4. The van der Waals surface area contributed by atoms with Gasteiger partial charge in [-0.3, -0.25) is 19.7 Å². The van der Waals surface area contributed by atoms with Gasteiger partial charge in [-0.15, -0.1) is 0 Å². The molecule has 0 N–H and O–H groups in total. The van der Waals surface area contributed by atoms with Gasteiger partial charge in [-0.2, -0.15) is 0 Å². The number of rotatable bonds is 2. The SMILES string of the molecule is Cc1cncc(C2=CCC3C(=C2)N(c2cncc(C)n2)C(=O)C3(C)C)c1. The standard InChI is InChI=1S/C21H22N4O/c1-13-7-16(11-22-9-13)15-5-6-17-18(8-15)25(20(26)21(17,3)4)19-12-23-10-14(2)24-19/h5,7-12,17H,6H2,1-4H3. The lowest BCUT2D eigenvalue weighted by atomic mass is 9.75. The second-order valence-electron chi connectivity index (χ2n) is 7.65. The van der Waals surface area contributed by atoms with E-state index < -0.39 is 5.41 Å². The largest absolute Gasteiger partial charge is 0.273 e. The Kier molecular flexibility index (Phi) is 3.75. The Morgan fingerprint density at radius 3 is 2.62 bits per heavy atom. The second-order valence-corrected chi connectivity index (χ2v) is 7.65. The van der Waals surface area contributed by atoms with E-state index in [0.29, 0.717) is 5.82 Å². The molecule has 1 aliphatic heterocycles. The molecule has 132 valence electrons. The van der Waals surface area contributed by atoms with Gasteiger partial charge in [-0.05, 0) is 49.1 Å². The van der Waals surface area contributed by atoms with Gasteiger partial charge in [0.05, 0.1) is 17.3 Å². The highest BCUT2D eigenvalue weighted by Crippen LogP contribution is 2.50. The van der Waals surface area contributed by atoms with Crippen LogP contribution in [0.25, 0.3) is 5.57 Å². The van der Waals surface area contributed by atoms with E-state index in [9.17, 15) is 4.79 Å². The first-order valence-electron chi connectivity index (χ1n) is 8.85. The number of carbonyl (C=O) groups is 1. The number of aryl methyl sites for hydroxylation is 2. The van der Waals surface area contributed by atoms with E-state index >= 15 is 0 Å². The third kappa shape index (κ3) is 2.55. The number of fused-ring (bicyclic) bond motifs is 1. The Labute approximate surface area is 153 Å². The first kappa shape index (κ1) is 16.6. The van der Waals surface area contributed by atoms with Gasteiger partial charge in [-0.25, -0.2) is 4.98 Å². The Bertz CT molecular complexity index is 958. The number of allylic oxidation sites excluding steroid dienone is 4. The zero-order valence-electron chi connectivity index (χ0n) is 15.5. The van der Waals surface area contributed by atoms with Crippen LogP contribution in [0.1, 0.15) is 37.1 Å². The Morgan fingerprint density at radius 1 is 1.12 bits per heavy atom. The molecule has 5 heteroatoms. The van der Waals surface area contributed by atoms with Crippen molar-refractivity contribution in [3.63, 3.8) is 0 Å². The zero-order valence-corrected chi connectivity index (χ0v) is 15.5. The van der Waals surface area contributed by atoms with Crippen molar-refractivity contribution >= 4 is 17.3 Å². The fourth-order valence-electron chi connectivity index (χ4n) is 3.83. The summed E-state index contributed by atoms with van der Waals surface area (Å²) in [4.78, 5) is 28.0. The van der Waals surface area contributed by atoms with Crippen molar-refractivity contribution < 1.29 is 4.79 Å². The molecule has 26 heavy (non-hydrogen) atoms. The summed E-state index contributed by atoms with van der Waals surface area (Å²) in [5.41, 5.74) is 4.62. The van der Waals surface area contributed by atoms with E-state index in [2.05, 4.69) is 33.2 Å². The summed E-state index contributed by atoms with van der Waals surface area (Å²) in [6.45, 7) is 7.96. The van der Waals surface area contributed by atoms with Gasteiger partial charge >= 0.3 is 0 Å². The first-order valence-corrected chi connectivity index (χ1v) is 8.85. The molecule has 0 aromatic carbocycles. The predicted octanol–water partition coefficient (Wildman–Crippen LogP) is 3.85. The number of nitrogens with zero attached hydrogens (tertiary/aromatic N) is 4. The number of anilines is 1. The van der Waals surface area contributed by atoms with Crippen LogP contribution in [0.5, 0.6) is 0 Å². The monoisotopic (exact) mass is 346 g/mol. The van der Waals surface area contributed by atoms with Crippen molar-refractivity contribution in [2.75, 3.05) is 4.90 Å². The van der Waals surface area contributed by atoms with Gasteiger partial charge in [0, 0.05) is 30.2 Å². The van der Waals surface area contributed by atoms with Crippen LogP contribution in [0, 0.1) is 25.2 Å². The van der Waals surface area contributed by atoms with Crippen LogP contribution in [-0.2, 0) is 4.79 Å². The van der Waals surface area contributed by atoms with Gasteiger partial charge in [0.2, 0.25) is 5.91 Å². The van der Waals surface area contributed by atoms with Crippen molar-refractivity contribution in [3.8, 4) is 0 Å². The average molecular weight is 346 g/mol. The molecule has 0 saturated carbocycles. The first-order chi connectivity index (χ1) is 12.4. The van der Waals surface area contributed by atoms with Crippen LogP contribution in [0.15, 0.2) is 48.7 Å². The molecule has 2 aromatic rings. The van der Waals surface area contributed by atoms with E-state index in [4.69, 9.17) is 0 Å². The van der Waals surface area contributed by atoms with Gasteiger partial charge < -0.3 is 0 Å². The molecule has 1 atom stereocenters. The van der Waals surface area contributed by atoms with Crippen LogP contribution in [-0.4, -0.2) is 20.9 Å². The number of carbonyl (C=O) groups excluding carboxylic acids is 1. The second kappa shape index (κ2) is 5.87. The summed E-state index contributed by atoms with van der Waals surface area (Å²) < 4.78 is 0. The minimum atomic E-state index is -0.468. The van der Waals surface area contributed by atoms with Crippen LogP contribution in [0.4, 0.5) is 5.82 Å². The lowest BCUT2D eigenvalue weighted by Gasteiger charge is -2.26. The van der Waals surface area contributed by atoms with E-state index in [1.54, 1.807) is 17.3 Å². The normalized spacial score (nSPS) is 21.3. The van der Waals surface area contributed by atoms with E-state index in [1.807, 2.05) is 40.1 Å². The molecule has 1 saturated heterocycles. The summed E-state index contributed by atoms with van der Waals surface area (Å²) in [5.74, 6) is 0.810. The van der Waals surface area contributed by atoms with Crippen molar-refractivity contribution in [1.82, 2.24) is 15.0 Å². The van der Waals surface area contributed by atoms with Gasteiger partial charge in [0.1, 0.15) is 0 Å². The quantitative estimate of drug-likeness (QED) is 0.829. The van der Waals surface area contributed by atoms with Crippen molar-refractivity contribution in [2.45, 2.75) is 34.1 Å². The molecule has 2 aromatic heterocycles. The van der Waals surface area contributed by atoms with Gasteiger partial charge in [0.15, 0.2) is 5.82 Å². The number of hydrogen-bond donors (Lipinski definition) is 0. The highest BCUT2D eigenvalue weighted by molar-refractivity contribution is 6.04. The van der Waals surface area contributed by atoms with E-state index in [1.165, 1.54) is 0 Å². The average Bonchev–Trinajstić information content (AvgIpc) is 2.81. The maximum Gasteiger partial charge on any atom is 0.238 e. The Morgan fingerprint density at radius 2 is 1.88 bits per heavy atom. The highest BCUT2D eigenvalue weighted by Gasteiger charge is 2.51. The molecule has 1 aliphatic carbocycles. The third-order valence-electron chi connectivity index (χ3n) is 5.30. The van der Waals surface area contributed by atoms with Crippen LogP contribution >= 0.6 is 0 Å². The Hall–Kier alpha value is -2.82. The highest BCUT2D eigenvalue weighted by atomic mass is 16.2. The summed E-state index contributed by atoms with van der Waals surface area (Å²) in [6, 6.07) is 2.12. The molecule has 1 fully saturated rings. The van der Waals surface area contributed by atoms with Crippen molar-refractivity contribution in [1.29, 1.82) is 0 Å². The molecule has 2 aliphatic rings. The molecule has 4 rings (SSSR count). The molecular formula is C21H22N4O. The molecule has 1 amide bonds. The number of amides is 1. The lowest BCUT2D eigenvalue weighted by Crippen LogP contribution is -2.32. The third-order valence-corrected chi connectivity index (χ3v) is 5.30. The van der Waals surface area contributed by atoms with E-state index in [-0.39, 0.29) is 11.8 Å². The summed E-state index contributed by atoms with van der Waals surface area (Å²) in [6.07, 6.45) is 12.2. The van der Waals surface area contributed by atoms with Crippen LogP contribution in [0.2, 0.25) is 0 Å². The Balaban J connectivity index is 1.82. The number of pyridine rings is 1. The molecule has 0 spiro atoms. The number of aromatic nitrogens is 3. The van der Waals surface area contributed by atoms with Crippen LogP contribution < -0.4 is 4.90 Å². The zero-order chi connectivity index (χ0) is 18.5. The molecule has 1 unspecified atom stereocenters. The van der Waals surface area contributed by atoms with Crippen molar-refractivity contribution in [3.05, 3.63) is 65.5 Å². The van der Waals surface area contributed by atoms with Crippen LogP contribution in [0.3, 0.4) is 0 Å². The topological polar surface area (TPSA) is 59.0 Å². The predicted molar refractivity (Wildman–Crippen MR) is 101 cm³/mol. The van der Waals surface area contributed by atoms with Crippen molar-refractivity contribution in [2.24, 2.45) is 11.3 Å². The molecule has 0 radical (unpaired) electrons. The summed E-state index contributed by atoms with van der Waals surface area (Å²) in [7, 11) is 0. The minimum absolute atomic E-state index is 0.0747. The van der Waals surface area contributed by atoms with Gasteiger partial charge in [-0.1, -0.05) is 19.9 Å².